The molecule has 0 bridgehead atoms. The Hall–Kier alpha value is -0.300. The third-order valence-electron chi connectivity index (χ3n) is 3.41. The molecule has 88 valence electrons. The van der Waals surface area contributed by atoms with Gasteiger partial charge in [0.05, 0.1) is 0 Å². The van der Waals surface area contributed by atoms with Gasteiger partial charge in [-0.15, -0.1) is 6.58 Å². The second-order valence-corrected chi connectivity index (χ2v) is 6.80. The SMILES string of the molecule is C=CC(C)NC1CC(C)(C)CC(C)(C)C1. The first-order valence-corrected chi connectivity index (χ1v) is 6.13. The third-order valence-corrected chi connectivity index (χ3v) is 3.41. The van der Waals surface area contributed by atoms with Gasteiger partial charge in [-0.2, -0.15) is 0 Å². The lowest BCUT2D eigenvalue weighted by Crippen LogP contribution is -2.46. The molecular weight excluding hydrogens is 182 g/mol. The molecule has 1 saturated carbocycles. The summed E-state index contributed by atoms with van der Waals surface area (Å²) in [4.78, 5) is 0. The van der Waals surface area contributed by atoms with Crippen LogP contribution < -0.4 is 5.32 Å². The lowest BCUT2D eigenvalue weighted by atomic mass is 9.63. The Bertz CT molecular complexity index is 211. The Kier molecular flexibility index (Phi) is 3.65. The van der Waals surface area contributed by atoms with Crippen molar-refractivity contribution in [3.63, 3.8) is 0 Å². The fraction of sp³-hybridized carbons (Fsp3) is 0.857. The molecule has 1 atom stereocenters. The van der Waals surface area contributed by atoms with Crippen molar-refractivity contribution in [2.24, 2.45) is 10.8 Å². The zero-order valence-corrected chi connectivity index (χ0v) is 11.1. The Labute approximate surface area is 95.3 Å². The van der Waals surface area contributed by atoms with Crippen molar-refractivity contribution in [3.8, 4) is 0 Å². The van der Waals surface area contributed by atoms with E-state index in [9.17, 15) is 0 Å². The van der Waals surface area contributed by atoms with E-state index in [1.54, 1.807) is 0 Å². The normalized spacial score (nSPS) is 27.3. The molecule has 1 rings (SSSR count). The molecule has 0 aromatic rings. The fourth-order valence-electron chi connectivity index (χ4n) is 3.40. The van der Waals surface area contributed by atoms with Crippen molar-refractivity contribution in [1.82, 2.24) is 5.32 Å². The van der Waals surface area contributed by atoms with Crippen molar-refractivity contribution in [3.05, 3.63) is 12.7 Å². The minimum atomic E-state index is 0.430. The maximum Gasteiger partial charge on any atom is 0.0221 e. The van der Waals surface area contributed by atoms with Gasteiger partial charge in [0.15, 0.2) is 0 Å². The summed E-state index contributed by atoms with van der Waals surface area (Å²) in [5, 5.41) is 3.66. The Morgan fingerprint density at radius 1 is 1.20 bits per heavy atom. The molecule has 1 N–H and O–H groups in total. The predicted molar refractivity (Wildman–Crippen MR) is 68.0 cm³/mol. The summed E-state index contributed by atoms with van der Waals surface area (Å²) in [6.07, 6.45) is 5.90. The van der Waals surface area contributed by atoms with Gasteiger partial charge in [0, 0.05) is 12.1 Å². The minimum Gasteiger partial charge on any atom is -0.308 e. The Morgan fingerprint density at radius 2 is 1.67 bits per heavy atom. The van der Waals surface area contributed by atoms with E-state index in [-0.39, 0.29) is 0 Å². The summed E-state index contributed by atoms with van der Waals surface area (Å²) in [6.45, 7) is 15.6. The molecule has 1 aliphatic rings. The molecule has 0 amide bonds. The van der Waals surface area contributed by atoms with Gasteiger partial charge < -0.3 is 5.32 Å². The lowest BCUT2D eigenvalue weighted by molar-refractivity contribution is 0.0832. The van der Waals surface area contributed by atoms with Crippen LogP contribution in [0.3, 0.4) is 0 Å². The summed E-state index contributed by atoms with van der Waals surface area (Å²) in [5.41, 5.74) is 0.945. The highest BCUT2D eigenvalue weighted by Crippen LogP contribution is 2.45. The second-order valence-electron chi connectivity index (χ2n) is 6.80. The topological polar surface area (TPSA) is 12.0 Å². The predicted octanol–water partition coefficient (Wildman–Crippen LogP) is 3.76. The molecule has 1 aliphatic carbocycles. The molecule has 0 aromatic heterocycles. The van der Waals surface area contributed by atoms with Crippen LogP contribution in [0, 0.1) is 10.8 Å². The molecular formula is C14H27N. The highest BCUT2D eigenvalue weighted by molar-refractivity contribution is 4.95. The van der Waals surface area contributed by atoms with Crippen molar-refractivity contribution in [2.45, 2.75) is 66.0 Å². The quantitative estimate of drug-likeness (QED) is 0.698. The average molecular weight is 209 g/mol. The Morgan fingerprint density at radius 3 is 2.07 bits per heavy atom. The Balaban J connectivity index is 2.63. The van der Waals surface area contributed by atoms with Crippen LogP contribution in [-0.2, 0) is 0 Å². The number of rotatable bonds is 3. The van der Waals surface area contributed by atoms with E-state index in [1.807, 2.05) is 6.08 Å². The molecule has 1 fully saturated rings. The van der Waals surface area contributed by atoms with E-state index in [4.69, 9.17) is 0 Å². The zero-order chi connectivity index (χ0) is 11.7. The summed E-state index contributed by atoms with van der Waals surface area (Å²) in [6, 6.07) is 1.08. The third kappa shape index (κ3) is 3.98. The number of nitrogens with one attached hydrogen (secondary N) is 1. The smallest absolute Gasteiger partial charge is 0.0221 e. The van der Waals surface area contributed by atoms with Gasteiger partial charge >= 0.3 is 0 Å². The van der Waals surface area contributed by atoms with Crippen LogP contribution >= 0.6 is 0 Å². The first kappa shape index (κ1) is 12.8. The summed E-state index contributed by atoms with van der Waals surface area (Å²) in [5.74, 6) is 0. The molecule has 1 unspecified atom stereocenters. The van der Waals surface area contributed by atoms with Crippen LogP contribution in [0.5, 0.6) is 0 Å². The number of hydrogen-bond donors (Lipinski definition) is 1. The van der Waals surface area contributed by atoms with Crippen LogP contribution in [-0.4, -0.2) is 12.1 Å². The second kappa shape index (κ2) is 4.29. The molecule has 1 heteroatoms. The van der Waals surface area contributed by atoms with E-state index in [2.05, 4.69) is 46.5 Å². The van der Waals surface area contributed by atoms with Crippen molar-refractivity contribution >= 4 is 0 Å². The van der Waals surface area contributed by atoms with Crippen LogP contribution in [0.4, 0.5) is 0 Å². The molecule has 0 aromatic carbocycles. The summed E-state index contributed by atoms with van der Waals surface area (Å²) < 4.78 is 0. The van der Waals surface area contributed by atoms with Gasteiger partial charge in [-0.1, -0.05) is 33.8 Å². The maximum atomic E-state index is 3.84. The van der Waals surface area contributed by atoms with E-state index in [0.717, 1.165) is 0 Å². The minimum absolute atomic E-state index is 0.430. The largest absolute Gasteiger partial charge is 0.308 e. The van der Waals surface area contributed by atoms with Crippen LogP contribution in [0.15, 0.2) is 12.7 Å². The van der Waals surface area contributed by atoms with Gasteiger partial charge in [0.25, 0.3) is 0 Å². The highest BCUT2D eigenvalue weighted by atomic mass is 14.9. The number of hydrogen-bond acceptors (Lipinski definition) is 1. The van der Waals surface area contributed by atoms with E-state index in [0.29, 0.717) is 22.9 Å². The van der Waals surface area contributed by atoms with Gasteiger partial charge in [-0.05, 0) is 37.0 Å². The van der Waals surface area contributed by atoms with Crippen LogP contribution in [0.25, 0.3) is 0 Å². The highest BCUT2D eigenvalue weighted by Gasteiger charge is 2.38. The molecule has 1 nitrogen and oxygen atoms in total. The summed E-state index contributed by atoms with van der Waals surface area (Å²) >= 11 is 0. The maximum absolute atomic E-state index is 3.84. The van der Waals surface area contributed by atoms with Gasteiger partial charge in [0.1, 0.15) is 0 Å². The van der Waals surface area contributed by atoms with E-state index < -0.39 is 0 Å². The lowest BCUT2D eigenvalue weighted by Gasteiger charge is -2.45. The van der Waals surface area contributed by atoms with Crippen molar-refractivity contribution < 1.29 is 0 Å². The van der Waals surface area contributed by atoms with E-state index >= 15 is 0 Å². The molecule has 0 aliphatic heterocycles. The van der Waals surface area contributed by atoms with Gasteiger partial charge in [-0.3, -0.25) is 0 Å². The average Bonchev–Trinajstić information content (AvgIpc) is 1.97. The van der Waals surface area contributed by atoms with Gasteiger partial charge in [0.2, 0.25) is 0 Å². The summed E-state index contributed by atoms with van der Waals surface area (Å²) in [7, 11) is 0. The monoisotopic (exact) mass is 209 g/mol. The van der Waals surface area contributed by atoms with Crippen LogP contribution in [0.1, 0.15) is 53.9 Å². The standard InChI is InChI=1S/C14H27N/c1-7-11(2)15-12-8-13(3,4)10-14(5,6)9-12/h7,11-12,15H,1,8-10H2,2-6H3. The molecule has 0 radical (unpaired) electrons. The first-order chi connectivity index (χ1) is 6.74. The van der Waals surface area contributed by atoms with Gasteiger partial charge in [-0.25, -0.2) is 0 Å². The van der Waals surface area contributed by atoms with Crippen molar-refractivity contribution in [1.29, 1.82) is 0 Å². The molecule has 0 saturated heterocycles. The van der Waals surface area contributed by atoms with Crippen LogP contribution in [0.2, 0.25) is 0 Å². The zero-order valence-electron chi connectivity index (χ0n) is 11.1. The van der Waals surface area contributed by atoms with Crippen molar-refractivity contribution in [2.75, 3.05) is 0 Å². The molecule has 0 spiro atoms. The fourth-order valence-corrected chi connectivity index (χ4v) is 3.40. The molecule has 15 heavy (non-hydrogen) atoms. The first-order valence-electron chi connectivity index (χ1n) is 6.13. The van der Waals surface area contributed by atoms with E-state index in [1.165, 1.54) is 19.3 Å². The molecule has 0 heterocycles.